The van der Waals surface area contributed by atoms with Crippen LogP contribution >= 0.6 is 0 Å². The predicted molar refractivity (Wildman–Crippen MR) is 111 cm³/mol. The number of aliphatic hydroxyl groups excluding tert-OH is 2. The summed E-state index contributed by atoms with van der Waals surface area (Å²) in [5, 5.41) is 43.5. The Labute approximate surface area is 187 Å². The summed E-state index contributed by atoms with van der Waals surface area (Å²) in [5.74, 6) is -5.49. The highest BCUT2D eigenvalue weighted by atomic mass is 16.4. The van der Waals surface area contributed by atoms with Gasteiger partial charge in [-0.15, -0.1) is 0 Å². The standard InChI is InChI=1S/C19H27N5O9/c20-11(7-25)16(29)24-14(8-26)18(31)22-12(5-9-1-3-10(27)4-2-9)17(30)23-13(19(32)33)6-15(21)28/h1-4,11-14,25-27H,5-8,20H2,(H2,21,28)(H,22,31)(H,23,30)(H,24,29)(H,32,33). The van der Waals surface area contributed by atoms with Crippen LogP contribution in [0.15, 0.2) is 24.3 Å². The summed E-state index contributed by atoms with van der Waals surface area (Å²) in [6.07, 6.45) is -0.877. The lowest BCUT2D eigenvalue weighted by atomic mass is 10.0. The topological polar surface area (TPSA) is 254 Å². The monoisotopic (exact) mass is 469 g/mol. The highest BCUT2D eigenvalue weighted by Gasteiger charge is 2.30. The van der Waals surface area contributed by atoms with Gasteiger partial charge in [0.25, 0.3) is 0 Å². The normalized spacial score (nSPS) is 14.3. The summed E-state index contributed by atoms with van der Waals surface area (Å²) in [6.45, 7) is -1.59. The van der Waals surface area contributed by atoms with Crippen molar-refractivity contribution in [2.45, 2.75) is 37.0 Å². The molecule has 0 aromatic heterocycles. The number of nitrogens with one attached hydrogen (secondary N) is 3. The molecule has 0 bridgehead atoms. The van der Waals surface area contributed by atoms with Gasteiger partial charge in [0, 0.05) is 6.42 Å². The van der Waals surface area contributed by atoms with Crippen LogP contribution in [0.4, 0.5) is 0 Å². The number of benzene rings is 1. The molecule has 11 N–H and O–H groups in total. The van der Waals surface area contributed by atoms with Crippen molar-refractivity contribution in [3.8, 4) is 5.75 Å². The molecule has 1 aromatic rings. The maximum Gasteiger partial charge on any atom is 0.326 e. The molecule has 0 aliphatic carbocycles. The quantitative estimate of drug-likeness (QED) is 0.134. The number of carboxylic acid groups (broad SMARTS) is 1. The van der Waals surface area contributed by atoms with Gasteiger partial charge in [-0.2, -0.15) is 0 Å². The summed E-state index contributed by atoms with van der Waals surface area (Å²) in [7, 11) is 0. The summed E-state index contributed by atoms with van der Waals surface area (Å²) < 4.78 is 0. The average Bonchev–Trinajstić information content (AvgIpc) is 2.76. The molecule has 1 aromatic carbocycles. The van der Waals surface area contributed by atoms with Crippen LogP contribution in [-0.2, 0) is 30.4 Å². The van der Waals surface area contributed by atoms with E-state index >= 15 is 0 Å². The molecule has 0 saturated carbocycles. The van der Waals surface area contributed by atoms with E-state index in [0.717, 1.165) is 0 Å². The zero-order valence-electron chi connectivity index (χ0n) is 17.4. The minimum absolute atomic E-state index is 0.0561. The fourth-order valence-electron chi connectivity index (χ4n) is 2.58. The second kappa shape index (κ2) is 12.9. The molecule has 182 valence electrons. The number of phenolic OH excluding ortho intramolecular Hbond substituents is 1. The second-order valence-corrected chi connectivity index (χ2v) is 7.03. The number of nitrogens with two attached hydrogens (primary N) is 2. The van der Waals surface area contributed by atoms with Crippen LogP contribution in [0.1, 0.15) is 12.0 Å². The molecule has 1 rings (SSSR count). The third-order valence-electron chi connectivity index (χ3n) is 4.38. The third-order valence-corrected chi connectivity index (χ3v) is 4.38. The smallest absolute Gasteiger partial charge is 0.326 e. The molecule has 0 radical (unpaired) electrons. The molecule has 14 heteroatoms. The van der Waals surface area contributed by atoms with E-state index in [1.807, 2.05) is 0 Å². The largest absolute Gasteiger partial charge is 0.508 e. The molecule has 0 fully saturated rings. The van der Waals surface area contributed by atoms with Gasteiger partial charge in [-0.05, 0) is 17.7 Å². The Morgan fingerprint density at radius 1 is 0.818 bits per heavy atom. The van der Waals surface area contributed by atoms with Crippen molar-refractivity contribution in [1.82, 2.24) is 16.0 Å². The Kier molecular flexibility index (Phi) is 10.7. The summed E-state index contributed by atoms with van der Waals surface area (Å²) in [6, 6.07) is -0.409. The zero-order chi connectivity index (χ0) is 25.1. The molecule has 0 saturated heterocycles. The van der Waals surface area contributed by atoms with Crippen LogP contribution in [0.2, 0.25) is 0 Å². The maximum atomic E-state index is 12.7. The van der Waals surface area contributed by atoms with Crippen LogP contribution in [-0.4, -0.2) is 87.4 Å². The van der Waals surface area contributed by atoms with E-state index in [1.54, 1.807) is 0 Å². The first-order valence-electron chi connectivity index (χ1n) is 9.65. The van der Waals surface area contributed by atoms with E-state index in [1.165, 1.54) is 24.3 Å². The lowest BCUT2D eigenvalue weighted by molar-refractivity contribution is -0.143. The first-order chi connectivity index (χ1) is 15.5. The van der Waals surface area contributed by atoms with E-state index < -0.39 is 73.4 Å². The number of hydrogen-bond donors (Lipinski definition) is 9. The van der Waals surface area contributed by atoms with Crippen molar-refractivity contribution in [3.05, 3.63) is 29.8 Å². The number of hydrogen-bond acceptors (Lipinski definition) is 9. The summed E-state index contributed by atoms with van der Waals surface area (Å²) in [5.41, 5.74) is 10.8. The SMILES string of the molecule is NC(=O)CC(NC(=O)C(Cc1ccc(O)cc1)NC(=O)C(CO)NC(=O)C(N)CO)C(=O)O. The van der Waals surface area contributed by atoms with Crippen molar-refractivity contribution in [2.24, 2.45) is 11.5 Å². The lowest BCUT2D eigenvalue weighted by Gasteiger charge is -2.24. The summed E-state index contributed by atoms with van der Waals surface area (Å²) >= 11 is 0. The number of aromatic hydroxyl groups is 1. The molecule has 33 heavy (non-hydrogen) atoms. The Balaban J connectivity index is 3.07. The number of carbonyl (C=O) groups is 5. The minimum Gasteiger partial charge on any atom is -0.508 e. The van der Waals surface area contributed by atoms with Gasteiger partial charge in [0.05, 0.1) is 19.6 Å². The fourth-order valence-corrected chi connectivity index (χ4v) is 2.58. The number of amides is 4. The van der Waals surface area contributed by atoms with Crippen molar-refractivity contribution < 1.29 is 44.4 Å². The first kappa shape index (κ1) is 27.3. The number of phenols is 1. The van der Waals surface area contributed by atoms with Crippen LogP contribution < -0.4 is 27.4 Å². The van der Waals surface area contributed by atoms with Crippen LogP contribution in [0.25, 0.3) is 0 Å². The molecule has 14 nitrogen and oxygen atoms in total. The van der Waals surface area contributed by atoms with Crippen LogP contribution in [0.3, 0.4) is 0 Å². The number of aliphatic hydroxyl groups is 2. The van der Waals surface area contributed by atoms with Gasteiger partial charge in [-0.25, -0.2) is 4.79 Å². The molecule has 0 spiro atoms. The predicted octanol–water partition coefficient (Wildman–Crippen LogP) is -4.34. The number of rotatable bonds is 13. The number of primary amides is 1. The Bertz CT molecular complexity index is 862. The highest BCUT2D eigenvalue weighted by Crippen LogP contribution is 2.12. The Morgan fingerprint density at radius 3 is 1.82 bits per heavy atom. The van der Waals surface area contributed by atoms with E-state index in [0.29, 0.717) is 5.56 Å². The van der Waals surface area contributed by atoms with E-state index in [-0.39, 0.29) is 12.2 Å². The zero-order valence-corrected chi connectivity index (χ0v) is 17.4. The van der Waals surface area contributed by atoms with Crippen molar-refractivity contribution in [2.75, 3.05) is 13.2 Å². The van der Waals surface area contributed by atoms with Crippen LogP contribution in [0.5, 0.6) is 5.75 Å². The van der Waals surface area contributed by atoms with Crippen LogP contribution in [0, 0.1) is 0 Å². The van der Waals surface area contributed by atoms with Gasteiger partial charge in [0.2, 0.25) is 23.6 Å². The van der Waals surface area contributed by atoms with Gasteiger partial charge < -0.3 is 47.8 Å². The molecule has 4 atom stereocenters. The number of carboxylic acids is 1. The molecule has 0 aliphatic heterocycles. The Morgan fingerprint density at radius 2 is 1.33 bits per heavy atom. The van der Waals surface area contributed by atoms with E-state index in [9.17, 15) is 39.3 Å². The van der Waals surface area contributed by atoms with Crippen molar-refractivity contribution in [1.29, 1.82) is 0 Å². The van der Waals surface area contributed by atoms with Gasteiger partial charge in [-0.1, -0.05) is 12.1 Å². The minimum atomic E-state index is -1.66. The van der Waals surface area contributed by atoms with E-state index in [4.69, 9.17) is 16.6 Å². The average molecular weight is 469 g/mol. The molecule has 4 amide bonds. The molecular formula is C19H27N5O9. The molecule has 0 aliphatic rings. The second-order valence-electron chi connectivity index (χ2n) is 7.03. The fraction of sp³-hybridized carbons (Fsp3) is 0.421. The van der Waals surface area contributed by atoms with Gasteiger partial charge in [-0.3, -0.25) is 19.2 Å². The van der Waals surface area contributed by atoms with Crippen molar-refractivity contribution in [3.63, 3.8) is 0 Å². The molecular weight excluding hydrogens is 442 g/mol. The Hall–Kier alpha value is -3.75. The maximum absolute atomic E-state index is 12.7. The lowest BCUT2D eigenvalue weighted by Crippen LogP contribution is -2.59. The van der Waals surface area contributed by atoms with Gasteiger partial charge in [0.1, 0.15) is 29.9 Å². The third kappa shape index (κ3) is 9.10. The van der Waals surface area contributed by atoms with Gasteiger partial charge in [0.15, 0.2) is 0 Å². The molecule has 4 unspecified atom stereocenters. The van der Waals surface area contributed by atoms with E-state index in [2.05, 4.69) is 16.0 Å². The summed E-state index contributed by atoms with van der Waals surface area (Å²) in [4.78, 5) is 59.6. The first-order valence-corrected chi connectivity index (χ1v) is 9.65. The van der Waals surface area contributed by atoms with Crippen molar-refractivity contribution >= 4 is 29.6 Å². The van der Waals surface area contributed by atoms with Gasteiger partial charge >= 0.3 is 5.97 Å². The molecule has 0 heterocycles. The highest BCUT2D eigenvalue weighted by molar-refractivity contribution is 5.95. The number of aliphatic carboxylic acids is 1. The number of carbonyl (C=O) groups excluding carboxylic acids is 4.